The predicted molar refractivity (Wildman–Crippen MR) is 118 cm³/mol. The van der Waals surface area contributed by atoms with Crippen molar-refractivity contribution in [3.63, 3.8) is 0 Å². The van der Waals surface area contributed by atoms with E-state index in [1.165, 1.54) is 0 Å². The predicted octanol–water partition coefficient (Wildman–Crippen LogP) is 4.97. The molecule has 2 N–H and O–H groups in total. The van der Waals surface area contributed by atoms with Crippen molar-refractivity contribution < 1.29 is 0 Å². The minimum Gasteiger partial charge on any atom is -0.362 e. The molecule has 27 heavy (non-hydrogen) atoms. The van der Waals surface area contributed by atoms with Crippen LogP contribution in [0.3, 0.4) is 0 Å². The lowest BCUT2D eigenvalue weighted by Crippen LogP contribution is -2.31. The van der Waals surface area contributed by atoms with Crippen LogP contribution in [-0.2, 0) is 0 Å². The lowest BCUT2D eigenvalue weighted by Gasteiger charge is -2.25. The number of nitrogens with one attached hydrogen (secondary N) is 2. The van der Waals surface area contributed by atoms with E-state index in [1.807, 2.05) is 55.5 Å². The van der Waals surface area contributed by atoms with Crippen LogP contribution in [0.15, 0.2) is 90.0 Å². The molecule has 0 heterocycles. The van der Waals surface area contributed by atoms with Crippen molar-refractivity contribution in [3.8, 4) is 0 Å². The maximum Gasteiger partial charge on any atom is 0.186 e. The van der Waals surface area contributed by atoms with Gasteiger partial charge in [-0.25, -0.2) is 0 Å². The van der Waals surface area contributed by atoms with E-state index in [9.17, 15) is 0 Å². The molecule has 4 nitrogen and oxygen atoms in total. The Balaban J connectivity index is 1.82. The van der Waals surface area contributed by atoms with Gasteiger partial charge in [-0.3, -0.25) is 5.43 Å². The molecule has 0 saturated carbocycles. The largest absolute Gasteiger partial charge is 0.362 e. The van der Waals surface area contributed by atoms with Crippen LogP contribution in [0, 0.1) is 0 Å². The van der Waals surface area contributed by atoms with Crippen molar-refractivity contribution in [1.29, 1.82) is 0 Å². The summed E-state index contributed by atoms with van der Waals surface area (Å²) in [5.74, 6) is 0. The highest BCUT2D eigenvalue weighted by Crippen LogP contribution is 2.33. The summed E-state index contributed by atoms with van der Waals surface area (Å²) < 4.78 is 0. The van der Waals surface area contributed by atoms with Crippen LogP contribution in [0.2, 0.25) is 0 Å². The van der Waals surface area contributed by atoms with Gasteiger partial charge in [-0.2, -0.15) is 5.10 Å². The number of benzene rings is 3. The molecule has 0 aliphatic heterocycles. The summed E-state index contributed by atoms with van der Waals surface area (Å²) in [4.78, 5) is 2.22. The number of anilines is 3. The number of hydrazone groups is 1. The van der Waals surface area contributed by atoms with E-state index in [0.29, 0.717) is 5.11 Å². The van der Waals surface area contributed by atoms with Crippen molar-refractivity contribution in [2.45, 2.75) is 6.92 Å². The maximum atomic E-state index is 5.09. The van der Waals surface area contributed by atoms with Gasteiger partial charge in [0.1, 0.15) is 0 Å². The second-order valence-electron chi connectivity index (χ2n) is 5.83. The van der Waals surface area contributed by atoms with Crippen molar-refractivity contribution in [1.82, 2.24) is 10.7 Å². The zero-order valence-corrected chi connectivity index (χ0v) is 16.0. The molecule has 3 rings (SSSR count). The van der Waals surface area contributed by atoms with Gasteiger partial charge in [0.15, 0.2) is 5.11 Å². The van der Waals surface area contributed by atoms with Gasteiger partial charge in [0.05, 0.1) is 6.21 Å². The molecule has 0 bridgehead atoms. The summed E-state index contributed by atoms with van der Waals surface area (Å²) >= 11 is 5.09. The van der Waals surface area contributed by atoms with Crippen LogP contribution in [0.25, 0.3) is 0 Å². The highest BCUT2D eigenvalue weighted by atomic mass is 32.1. The standard InChI is InChI=1S/C22H22N4S/c1-2-23-22(27)25-24-17-18-13-15-21(16-14-18)26(19-9-5-3-6-10-19)20-11-7-4-8-12-20/h3-17H,2H2,1H3,(H2,23,25,27)/b24-17-. The van der Waals surface area contributed by atoms with Gasteiger partial charge >= 0.3 is 0 Å². The molecule has 0 spiro atoms. The number of hydrogen-bond donors (Lipinski definition) is 2. The summed E-state index contributed by atoms with van der Waals surface area (Å²) in [6, 6.07) is 28.9. The molecule has 3 aromatic rings. The van der Waals surface area contributed by atoms with E-state index >= 15 is 0 Å². The third-order valence-corrected chi connectivity index (χ3v) is 4.13. The van der Waals surface area contributed by atoms with Gasteiger partial charge in [0.2, 0.25) is 0 Å². The fourth-order valence-electron chi connectivity index (χ4n) is 2.68. The lowest BCUT2D eigenvalue weighted by molar-refractivity contribution is 0.904. The Morgan fingerprint density at radius 1 is 0.852 bits per heavy atom. The molecule has 0 aliphatic rings. The van der Waals surface area contributed by atoms with Gasteiger partial charge in [0.25, 0.3) is 0 Å². The molecule has 0 saturated heterocycles. The lowest BCUT2D eigenvalue weighted by atomic mass is 10.1. The van der Waals surface area contributed by atoms with Crippen LogP contribution in [0.1, 0.15) is 12.5 Å². The third-order valence-electron chi connectivity index (χ3n) is 3.90. The molecule has 5 heteroatoms. The SMILES string of the molecule is CCNC(=S)N/N=C\c1ccc(N(c2ccccc2)c2ccccc2)cc1. The smallest absolute Gasteiger partial charge is 0.186 e. The van der Waals surface area contributed by atoms with Crippen LogP contribution in [0.4, 0.5) is 17.1 Å². The zero-order valence-electron chi connectivity index (χ0n) is 15.2. The second-order valence-corrected chi connectivity index (χ2v) is 6.24. The quantitative estimate of drug-likeness (QED) is 0.363. The fourth-order valence-corrected chi connectivity index (χ4v) is 2.87. The summed E-state index contributed by atoms with van der Waals surface area (Å²) in [5, 5.41) is 7.67. The molecular formula is C22H22N4S. The molecule has 0 unspecified atom stereocenters. The van der Waals surface area contributed by atoms with E-state index in [4.69, 9.17) is 12.2 Å². The van der Waals surface area contributed by atoms with Gasteiger partial charge in [0, 0.05) is 23.6 Å². The molecule has 136 valence electrons. The maximum absolute atomic E-state index is 5.09. The summed E-state index contributed by atoms with van der Waals surface area (Å²) in [5.41, 5.74) is 7.10. The van der Waals surface area contributed by atoms with E-state index in [2.05, 4.69) is 57.1 Å². The Morgan fingerprint density at radius 3 is 1.89 bits per heavy atom. The van der Waals surface area contributed by atoms with Crippen molar-refractivity contribution in [2.24, 2.45) is 5.10 Å². The Hall–Kier alpha value is -3.18. The highest BCUT2D eigenvalue weighted by molar-refractivity contribution is 7.80. The molecule has 0 aliphatic carbocycles. The molecule has 3 aromatic carbocycles. The van der Waals surface area contributed by atoms with Crippen LogP contribution in [-0.4, -0.2) is 17.9 Å². The fraction of sp³-hybridized carbons (Fsp3) is 0.0909. The normalized spacial score (nSPS) is 10.6. The number of hydrogen-bond acceptors (Lipinski definition) is 3. The number of para-hydroxylation sites is 2. The van der Waals surface area contributed by atoms with Gasteiger partial charge in [-0.05, 0) is 61.1 Å². The molecule has 0 fully saturated rings. The van der Waals surface area contributed by atoms with Crippen LogP contribution >= 0.6 is 12.2 Å². The number of rotatable bonds is 6. The van der Waals surface area contributed by atoms with E-state index in [-0.39, 0.29) is 0 Å². The Bertz CT molecular complexity index is 838. The molecule has 0 aromatic heterocycles. The Labute approximate surface area is 165 Å². The first-order valence-corrected chi connectivity index (χ1v) is 9.26. The van der Waals surface area contributed by atoms with E-state index in [1.54, 1.807) is 6.21 Å². The first kappa shape index (κ1) is 18.6. The number of thiocarbonyl (C=S) groups is 1. The van der Waals surface area contributed by atoms with E-state index < -0.39 is 0 Å². The topological polar surface area (TPSA) is 39.7 Å². The van der Waals surface area contributed by atoms with Gasteiger partial charge < -0.3 is 10.2 Å². The molecule has 0 amide bonds. The van der Waals surface area contributed by atoms with Crippen molar-refractivity contribution >= 4 is 40.6 Å². The summed E-state index contributed by atoms with van der Waals surface area (Å²) in [7, 11) is 0. The molecule has 0 radical (unpaired) electrons. The zero-order chi connectivity index (χ0) is 18.9. The summed E-state index contributed by atoms with van der Waals surface area (Å²) in [6.45, 7) is 2.76. The summed E-state index contributed by atoms with van der Waals surface area (Å²) in [6.07, 6.45) is 1.75. The molecular weight excluding hydrogens is 352 g/mol. The van der Waals surface area contributed by atoms with Gasteiger partial charge in [-0.1, -0.05) is 48.5 Å². The minimum absolute atomic E-state index is 0.518. The number of nitrogens with zero attached hydrogens (tertiary/aromatic N) is 2. The van der Waals surface area contributed by atoms with Crippen LogP contribution < -0.4 is 15.6 Å². The van der Waals surface area contributed by atoms with Crippen LogP contribution in [0.5, 0.6) is 0 Å². The average molecular weight is 375 g/mol. The third kappa shape index (κ3) is 5.15. The Morgan fingerprint density at radius 2 is 1.37 bits per heavy atom. The molecule has 0 atom stereocenters. The van der Waals surface area contributed by atoms with Crippen molar-refractivity contribution in [2.75, 3.05) is 11.4 Å². The first-order valence-electron chi connectivity index (χ1n) is 8.85. The monoisotopic (exact) mass is 374 g/mol. The average Bonchev–Trinajstić information content (AvgIpc) is 2.71. The van der Waals surface area contributed by atoms with Gasteiger partial charge in [-0.15, -0.1) is 0 Å². The van der Waals surface area contributed by atoms with E-state index in [0.717, 1.165) is 29.2 Å². The minimum atomic E-state index is 0.518. The van der Waals surface area contributed by atoms with Crippen molar-refractivity contribution in [3.05, 3.63) is 90.5 Å². The second kappa shape index (κ2) is 9.50. The first-order chi connectivity index (χ1) is 13.3. The highest BCUT2D eigenvalue weighted by Gasteiger charge is 2.11. The Kier molecular flexibility index (Phi) is 6.55.